The maximum absolute atomic E-state index is 12.0. The van der Waals surface area contributed by atoms with Crippen LogP contribution in [0.5, 0.6) is 0 Å². The van der Waals surface area contributed by atoms with E-state index in [0.717, 1.165) is 0 Å². The van der Waals surface area contributed by atoms with Crippen LogP contribution in [0.25, 0.3) is 0 Å². The van der Waals surface area contributed by atoms with Gasteiger partial charge in [0.25, 0.3) is 0 Å². The number of carbonyl (C=O) groups is 3. The lowest BCUT2D eigenvalue weighted by atomic mass is 9.93. The summed E-state index contributed by atoms with van der Waals surface area (Å²) in [5.41, 5.74) is 1.21. The van der Waals surface area contributed by atoms with Crippen molar-refractivity contribution in [3.05, 3.63) is 28.8 Å². The van der Waals surface area contributed by atoms with Gasteiger partial charge in [0.05, 0.1) is 5.92 Å². The van der Waals surface area contributed by atoms with Crippen molar-refractivity contribution >= 4 is 35.0 Å². The summed E-state index contributed by atoms with van der Waals surface area (Å²) >= 11 is 6.14. The van der Waals surface area contributed by atoms with E-state index in [0.29, 0.717) is 35.5 Å². The summed E-state index contributed by atoms with van der Waals surface area (Å²) in [5, 5.41) is 5.46. The molecule has 1 heterocycles. The van der Waals surface area contributed by atoms with Crippen LogP contribution in [-0.4, -0.2) is 17.7 Å². The summed E-state index contributed by atoms with van der Waals surface area (Å²) in [4.78, 5) is 34.5. The number of carbonyl (C=O) groups excluding carboxylic acids is 3. The van der Waals surface area contributed by atoms with Crippen LogP contribution in [0.4, 0.5) is 5.69 Å². The Balaban J connectivity index is 2.32. The van der Waals surface area contributed by atoms with Crippen LogP contribution in [0.3, 0.4) is 0 Å². The molecule has 1 fully saturated rings. The highest BCUT2D eigenvalue weighted by Crippen LogP contribution is 2.32. The first kappa shape index (κ1) is 14.5. The molecule has 5 nitrogen and oxygen atoms in total. The summed E-state index contributed by atoms with van der Waals surface area (Å²) in [7, 11) is 0. The summed E-state index contributed by atoms with van der Waals surface area (Å²) in [6.45, 7) is 1.41. The Morgan fingerprint density at radius 2 is 2.15 bits per heavy atom. The highest BCUT2D eigenvalue weighted by Gasteiger charge is 2.27. The second-order valence-electron chi connectivity index (χ2n) is 4.77. The predicted octanol–water partition coefficient (Wildman–Crippen LogP) is 2.21. The average molecular weight is 295 g/mol. The summed E-state index contributed by atoms with van der Waals surface area (Å²) in [5.74, 6) is -1.26. The number of hydrogen-bond acceptors (Lipinski definition) is 3. The highest BCUT2D eigenvalue weighted by molar-refractivity contribution is 6.31. The quantitative estimate of drug-likeness (QED) is 0.821. The SMILES string of the molecule is CC(=O)Nc1ccc(Cl)c(C2CCCC(=O)NC2=O)c1. The van der Waals surface area contributed by atoms with Crippen molar-refractivity contribution in [3.63, 3.8) is 0 Å². The molecule has 0 bridgehead atoms. The van der Waals surface area contributed by atoms with Crippen LogP contribution in [0, 0.1) is 0 Å². The third kappa shape index (κ3) is 3.36. The second-order valence-corrected chi connectivity index (χ2v) is 5.18. The van der Waals surface area contributed by atoms with E-state index in [1.54, 1.807) is 18.2 Å². The lowest BCUT2D eigenvalue weighted by Crippen LogP contribution is -2.31. The van der Waals surface area contributed by atoms with Crippen LogP contribution in [0.15, 0.2) is 18.2 Å². The Kier molecular flexibility index (Phi) is 4.39. The molecule has 106 valence electrons. The Bertz CT molecular complexity index is 572. The number of rotatable bonds is 2. The minimum absolute atomic E-state index is 0.196. The molecule has 2 rings (SSSR count). The zero-order valence-corrected chi connectivity index (χ0v) is 11.8. The first-order valence-corrected chi connectivity index (χ1v) is 6.76. The monoisotopic (exact) mass is 294 g/mol. The lowest BCUT2D eigenvalue weighted by molar-refractivity contribution is -0.130. The van der Waals surface area contributed by atoms with Crippen molar-refractivity contribution in [2.75, 3.05) is 5.32 Å². The molecule has 2 N–H and O–H groups in total. The van der Waals surface area contributed by atoms with E-state index in [2.05, 4.69) is 10.6 Å². The molecule has 1 aliphatic rings. The van der Waals surface area contributed by atoms with E-state index in [-0.39, 0.29) is 17.7 Å². The maximum atomic E-state index is 12.0. The van der Waals surface area contributed by atoms with Gasteiger partial charge in [-0.2, -0.15) is 0 Å². The van der Waals surface area contributed by atoms with Crippen molar-refractivity contribution in [2.24, 2.45) is 0 Å². The second kappa shape index (κ2) is 6.05. The van der Waals surface area contributed by atoms with Crippen LogP contribution < -0.4 is 10.6 Å². The molecule has 3 amide bonds. The van der Waals surface area contributed by atoms with Gasteiger partial charge in [-0.25, -0.2) is 0 Å². The fourth-order valence-electron chi connectivity index (χ4n) is 2.27. The van der Waals surface area contributed by atoms with Crippen molar-refractivity contribution in [1.82, 2.24) is 5.32 Å². The van der Waals surface area contributed by atoms with Crippen LogP contribution in [-0.2, 0) is 14.4 Å². The number of anilines is 1. The predicted molar refractivity (Wildman–Crippen MR) is 75.5 cm³/mol. The third-order valence-corrected chi connectivity index (χ3v) is 3.51. The van der Waals surface area contributed by atoms with Crippen molar-refractivity contribution in [2.45, 2.75) is 32.1 Å². The highest BCUT2D eigenvalue weighted by atomic mass is 35.5. The van der Waals surface area contributed by atoms with Gasteiger partial charge in [0.2, 0.25) is 17.7 Å². The van der Waals surface area contributed by atoms with E-state index in [9.17, 15) is 14.4 Å². The number of imide groups is 1. The first-order chi connectivity index (χ1) is 9.47. The normalized spacial score (nSPS) is 19.2. The molecule has 1 aromatic rings. The van der Waals surface area contributed by atoms with Gasteiger partial charge in [-0.3, -0.25) is 19.7 Å². The topological polar surface area (TPSA) is 75.3 Å². The third-order valence-electron chi connectivity index (χ3n) is 3.17. The molecular weight excluding hydrogens is 280 g/mol. The molecule has 1 atom stereocenters. The Labute approximate surface area is 121 Å². The van der Waals surface area contributed by atoms with Crippen molar-refractivity contribution < 1.29 is 14.4 Å². The van der Waals surface area contributed by atoms with Gasteiger partial charge in [-0.1, -0.05) is 11.6 Å². The molecular formula is C14H15ClN2O3. The van der Waals surface area contributed by atoms with E-state index in [1.807, 2.05) is 0 Å². The van der Waals surface area contributed by atoms with Gasteiger partial charge in [-0.15, -0.1) is 0 Å². The molecule has 0 saturated carbocycles. The maximum Gasteiger partial charge on any atom is 0.234 e. The fourth-order valence-corrected chi connectivity index (χ4v) is 2.52. The standard InChI is InChI=1S/C14H15ClN2O3/c1-8(18)16-9-5-6-12(15)11(7-9)10-3-2-4-13(19)17-14(10)20/h5-7,10H,2-4H2,1H3,(H,16,18)(H,17,19,20). The van der Waals surface area contributed by atoms with Gasteiger partial charge >= 0.3 is 0 Å². The molecule has 20 heavy (non-hydrogen) atoms. The summed E-state index contributed by atoms with van der Waals surface area (Å²) < 4.78 is 0. The lowest BCUT2D eigenvalue weighted by Gasteiger charge is -2.16. The summed E-state index contributed by atoms with van der Waals surface area (Å²) in [6.07, 6.45) is 1.52. The fraction of sp³-hybridized carbons (Fsp3) is 0.357. The van der Waals surface area contributed by atoms with E-state index >= 15 is 0 Å². The summed E-state index contributed by atoms with van der Waals surface area (Å²) in [6, 6.07) is 5.00. The van der Waals surface area contributed by atoms with Gasteiger partial charge in [0.1, 0.15) is 0 Å². The molecule has 0 aromatic heterocycles. The minimum atomic E-state index is -0.470. The van der Waals surface area contributed by atoms with Crippen molar-refractivity contribution in [1.29, 1.82) is 0 Å². The number of hydrogen-bond donors (Lipinski definition) is 2. The van der Waals surface area contributed by atoms with Gasteiger partial charge < -0.3 is 5.32 Å². The first-order valence-electron chi connectivity index (χ1n) is 6.38. The van der Waals surface area contributed by atoms with Gasteiger partial charge in [0, 0.05) is 24.1 Å². The van der Waals surface area contributed by atoms with Crippen LogP contribution in [0.1, 0.15) is 37.7 Å². The van der Waals surface area contributed by atoms with E-state index in [1.165, 1.54) is 6.92 Å². The smallest absolute Gasteiger partial charge is 0.234 e. The van der Waals surface area contributed by atoms with Crippen LogP contribution in [0.2, 0.25) is 5.02 Å². The Morgan fingerprint density at radius 1 is 1.40 bits per heavy atom. The molecule has 0 spiro atoms. The molecule has 1 aromatic carbocycles. The molecule has 1 saturated heterocycles. The molecule has 1 aliphatic heterocycles. The zero-order valence-electron chi connectivity index (χ0n) is 11.0. The average Bonchev–Trinajstić information content (AvgIpc) is 2.52. The Morgan fingerprint density at radius 3 is 2.85 bits per heavy atom. The van der Waals surface area contributed by atoms with E-state index in [4.69, 9.17) is 11.6 Å². The number of amides is 3. The van der Waals surface area contributed by atoms with Crippen molar-refractivity contribution in [3.8, 4) is 0 Å². The zero-order chi connectivity index (χ0) is 14.7. The number of halogens is 1. The van der Waals surface area contributed by atoms with Gasteiger partial charge in [0.15, 0.2) is 0 Å². The van der Waals surface area contributed by atoms with E-state index < -0.39 is 5.92 Å². The number of nitrogens with one attached hydrogen (secondary N) is 2. The Hall–Kier alpha value is -1.88. The molecule has 0 radical (unpaired) electrons. The van der Waals surface area contributed by atoms with Crippen LogP contribution >= 0.6 is 11.6 Å². The molecule has 0 aliphatic carbocycles. The largest absolute Gasteiger partial charge is 0.326 e. The minimum Gasteiger partial charge on any atom is -0.326 e. The molecule has 1 unspecified atom stereocenters. The molecule has 6 heteroatoms. The van der Waals surface area contributed by atoms with Gasteiger partial charge in [-0.05, 0) is 36.6 Å². The number of benzene rings is 1.